The Morgan fingerprint density at radius 2 is 1.65 bits per heavy atom. The third kappa shape index (κ3) is 4.07. The molecule has 2 rings (SSSR count). The van der Waals surface area contributed by atoms with E-state index in [9.17, 15) is 18.0 Å². The summed E-state index contributed by atoms with van der Waals surface area (Å²) in [6.07, 6.45) is 1.61. The van der Waals surface area contributed by atoms with Crippen LogP contribution in [0.4, 0.5) is 5.69 Å². The molecule has 2 amide bonds. The van der Waals surface area contributed by atoms with Crippen molar-refractivity contribution in [2.75, 3.05) is 37.8 Å². The highest BCUT2D eigenvalue weighted by molar-refractivity contribution is 7.92. The topological polar surface area (TPSA) is 95.6 Å². The van der Waals surface area contributed by atoms with Gasteiger partial charge in [-0.05, 0) is 64.0 Å². The molecule has 1 aliphatic heterocycles. The fourth-order valence-electron chi connectivity index (χ4n) is 3.23. The van der Waals surface area contributed by atoms with Gasteiger partial charge in [-0.25, -0.2) is 8.42 Å². The Morgan fingerprint density at radius 3 is 2.12 bits per heavy atom. The molecule has 0 unspecified atom stereocenters. The first-order valence-corrected chi connectivity index (χ1v) is 10.8. The molecule has 1 fully saturated rings. The monoisotopic (exact) mass is 381 g/mol. The molecule has 144 valence electrons. The molecule has 2 N–H and O–H groups in total. The molecule has 26 heavy (non-hydrogen) atoms. The average Bonchev–Trinajstić information content (AvgIpc) is 2.63. The van der Waals surface area contributed by atoms with Crippen molar-refractivity contribution in [3.05, 3.63) is 29.8 Å². The van der Waals surface area contributed by atoms with E-state index in [4.69, 9.17) is 0 Å². The summed E-state index contributed by atoms with van der Waals surface area (Å²) in [5, 5.41) is 5.80. The van der Waals surface area contributed by atoms with Crippen molar-refractivity contribution in [1.82, 2.24) is 10.2 Å². The lowest BCUT2D eigenvalue weighted by molar-refractivity contribution is -0.119. The van der Waals surface area contributed by atoms with Crippen LogP contribution in [0.15, 0.2) is 24.3 Å². The number of nitrogens with zero attached hydrogens (tertiary/aromatic N) is 1. The molecular weight excluding hydrogens is 354 g/mol. The second-order valence-corrected chi connectivity index (χ2v) is 8.85. The summed E-state index contributed by atoms with van der Waals surface area (Å²) in [6, 6.07) is 6.55. The quantitative estimate of drug-likeness (QED) is 0.774. The van der Waals surface area contributed by atoms with Crippen LogP contribution < -0.4 is 10.6 Å². The standard InChI is InChI=1S/C18H27N3O4S/c1-4-21(5-2)16(22)14-6-8-15(9-7-14)20-17(23)18(26(3,24)25)10-12-19-13-11-18/h6-9,19H,4-5,10-13H2,1-3H3,(H,20,23). The van der Waals surface area contributed by atoms with Crippen LogP contribution in [0.3, 0.4) is 0 Å². The summed E-state index contributed by atoms with van der Waals surface area (Å²) < 4.78 is 23.2. The maximum absolute atomic E-state index is 12.8. The molecule has 0 aliphatic carbocycles. The highest BCUT2D eigenvalue weighted by atomic mass is 32.2. The molecule has 0 radical (unpaired) electrons. The van der Waals surface area contributed by atoms with Crippen LogP contribution in [0.5, 0.6) is 0 Å². The first-order chi connectivity index (χ1) is 12.2. The molecule has 0 saturated carbocycles. The number of benzene rings is 1. The summed E-state index contributed by atoms with van der Waals surface area (Å²) in [6.45, 7) is 6.05. The van der Waals surface area contributed by atoms with Gasteiger partial charge in [-0.2, -0.15) is 0 Å². The summed E-state index contributed by atoms with van der Waals surface area (Å²) >= 11 is 0. The fraction of sp³-hybridized carbons (Fsp3) is 0.556. The lowest BCUT2D eigenvalue weighted by Gasteiger charge is -2.34. The van der Waals surface area contributed by atoms with Crippen LogP contribution in [-0.2, 0) is 14.6 Å². The van der Waals surface area contributed by atoms with Gasteiger partial charge in [0.2, 0.25) is 5.91 Å². The lowest BCUT2D eigenvalue weighted by Crippen LogP contribution is -2.55. The van der Waals surface area contributed by atoms with Gasteiger partial charge in [0.15, 0.2) is 14.6 Å². The Labute approximate surface area is 155 Å². The van der Waals surface area contributed by atoms with Crippen molar-refractivity contribution >= 4 is 27.3 Å². The highest BCUT2D eigenvalue weighted by Crippen LogP contribution is 2.29. The highest BCUT2D eigenvalue weighted by Gasteiger charge is 2.48. The Balaban J connectivity index is 2.17. The lowest BCUT2D eigenvalue weighted by atomic mass is 9.95. The predicted molar refractivity (Wildman–Crippen MR) is 102 cm³/mol. The van der Waals surface area contributed by atoms with Crippen LogP contribution >= 0.6 is 0 Å². The number of amides is 2. The summed E-state index contributed by atoms with van der Waals surface area (Å²) in [4.78, 5) is 26.8. The minimum absolute atomic E-state index is 0.0705. The van der Waals surface area contributed by atoms with E-state index in [0.29, 0.717) is 37.4 Å². The number of nitrogens with one attached hydrogen (secondary N) is 2. The number of piperidine rings is 1. The first-order valence-electron chi connectivity index (χ1n) is 8.86. The van der Waals surface area contributed by atoms with Gasteiger partial charge in [0.1, 0.15) is 0 Å². The summed E-state index contributed by atoms with van der Waals surface area (Å²) in [5.74, 6) is -0.580. The SMILES string of the molecule is CCN(CC)C(=O)c1ccc(NC(=O)C2(S(C)(=O)=O)CCNCC2)cc1. The number of anilines is 1. The second-order valence-electron chi connectivity index (χ2n) is 6.53. The predicted octanol–water partition coefficient (Wildman–Crippen LogP) is 1.27. The van der Waals surface area contributed by atoms with Crippen LogP contribution in [0, 0.1) is 0 Å². The molecule has 1 heterocycles. The van der Waals surface area contributed by atoms with Crippen LogP contribution in [0.1, 0.15) is 37.0 Å². The molecule has 0 atom stereocenters. The van der Waals surface area contributed by atoms with E-state index < -0.39 is 20.5 Å². The number of carbonyl (C=O) groups excluding carboxylic acids is 2. The second kappa shape index (κ2) is 8.18. The Hall–Kier alpha value is -1.93. The number of hydrogen-bond donors (Lipinski definition) is 2. The first kappa shape index (κ1) is 20.4. The normalized spacial score (nSPS) is 16.7. The molecular formula is C18H27N3O4S. The van der Waals surface area contributed by atoms with Crippen molar-refractivity contribution in [1.29, 1.82) is 0 Å². The van der Waals surface area contributed by atoms with Crippen molar-refractivity contribution in [2.45, 2.75) is 31.4 Å². The van der Waals surface area contributed by atoms with Crippen molar-refractivity contribution in [3.63, 3.8) is 0 Å². The van der Waals surface area contributed by atoms with Crippen molar-refractivity contribution < 1.29 is 18.0 Å². The number of hydrogen-bond acceptors (Lipinski definition) is 5. The molecule has 1 saturated heterocycles. The summed E-state index contributed by atoms with van der Waals surface area (Å²) in [5.41, 5.74) is 1.01. The molecule has 0 spiro atoms. The molecule has 0 aromatic heterocycles. The van der Waals surface area contributed by atoms with Gasteiger partial charge in [-0.3, -0.25) is 9.59 Å². The van der Waals surface area contributed by atoms with E-state index in [1.807, 2.05) is 13.8 Å². The third-order valence-electron chi connectivity index (χ3n) is 4.98. The molecule has 0 bridgehead atoms. The molecule has 1 aromatic carbocycles. The van der Waals surface area contributed by atoms with Gasteiger partial charge in [0.25, 0.3) is 5.91 Å². The van der Waals surface area contributed by atoms with Gasteiger partial charge in [0.05, 0.1) is 0 Å². The van der Waals surface area contributed by atoms with Gasteiger partial charge in [-0.15, -0.1) is 0 Å². The van der Waals surface area contributed by atoms with Crippen molar-refractivity contribution in [2.24, 2.45) is 0 Å². The zero-order valence-corrected chi connectivity index (χ0v) is 16.4. The maximum Gasteiger partial charge on any atom is 0.253 e. The number of carbonyl (C=O) groups is 2. The maximum atomic E-state index is 12.8. The zero-order chi connectivity index (χ0) is 19.4. The Morgan fingerprint density at radius 1 is 1.12 bits per heavy atom. The smallest absolute Gasteiger partial charge is 0.253 e. The van der Waals surface area contributed by atoms with Gasteiger partial charge >= 0.3 is 0 Å². The molecule has 7 nitrogen and oxygen atoms in total. The zero-order valence-electron chi connectivity index (χ0n) is 15.5. The molecule has 8 heteroatoms. The van der Waals surface area contributed by atoms with Crippen LogP contribution in [0.25, 0.3) is 0 Å². The molecule has 1 aliphatic rings. The Bertz CT molecular complexity index is 749. The van der Waals surface area contributed by atoms with E-state index in [1.54, 1.807) is 29.2 Å². The van der Waals surface area contributed by atoms with E-state index in [1.165, 1.54) is 0 Å². The summed E-state index contributed by atoms with van der Waals surface area (Å²) in [7, 11) is -3.56. The minimum Gasteiger partial charge on any atom is -0.339 e. The van der Waals surface area contributed by atoms with E-state index in [-0.39, 0.29) is 18.7 Å². The number of sulfone groups is 1. The van der Waals surface area contributed by atoms with Crippen LogP contribution in [-0.4, -0.2) is 62.3 Å². The van der Waals surface area contributed by atoms with Crippen LogP contribution in [0.2, 0.25) is 0 Å². The fourth-order valence-corrected chi connectivity index (χ4v) is 4.56. The largest absolute Gasteiger partial charge is 0.339 e. The Kier molecular flexibility index (Phi) is 6.41. The number of rotatable bonds is 6. The molecule has 1 aromatic rings. The minimum atomic E-state index is -3.56. The van der Waals surface area contributed by atoms with E-state index >= 15 is 0 Å². The van der Waals surface area contributed by atoms with E-state index in [0.717, 1.165) is 6.26 Å². The van der Waals surface area contributed by atoms with Crippen molar-refractivity contribution in [3.8, 4) is 0 Å². The van der Waals surface area contributed by atoms with E-state index in [2.05, 4.69) is 10.6 Å². The van der Waals surface area contributed by atoms with Gasteiger partial charge < -0.3 is 15.5 Å². The average molecular weight is 381 g/mol. The van der Waals surface area contributed by atoms with Gasteiger partial charge in [-0.1, -0.05) is 0 Å². The third-order valence-corrected chi connectivity index (χ3v) is 6.99. The van der Waals surface area contributed by atoms with Gasteiger partial charge in [0, 0.05) is 30.6 Å².